The van der Waals surface area contributed by atoms with E-state index in [-0.39, 0.29) is 18.6 Å². The summed E-state index contributed by atoms with van der Waals surface area (Å²) in [7, 11) is 0. The lowest BCUT2D eigenvalue weighted by molar-refractivity contribution is -0.137. The van der Waals surface area contributed by atoms with Gasteiger partial charge >= 0.3 is 0 Å². The Bertz CT molecular complexity index is 1190. The van der Waals surface area contributed by atoms with Gasteiger partial charge in [0.1, 0.15) is 23.0 Å². The fourth-order valence-electron chi connectivity index (χ4n) is 4.34. The molecule has 2 aliphatic rings. The molecule has 3 aromatic rings. The van der Waals surface area contributed by atoms with Crippen LogP contribution in [0.25, 0.3) is 0 Å². The number of fused-ring (bicyclic) bond motifs is 2. The minimum absolute atomic E-state index is 0.00117. The number of aliphatic imine (C=N–C) groups is 1. The summed E-state index contributed by atoms with van der Waals surface area (Å²) in [5.41, 5.74) is 2.94. The molecule has 2 aliphatic heterocycles. The molecule has 1 saturated heterocycles. The third-order valence-electron chi connectivity index (χ3n) is 6.04. The van der Waals surface area contributed by atoms with Crippen LogP contribution in [0.2, 0.25) is 0 Å². The number of carbonyl (C=O) groups is 1. The standard InChI is InChI=1S/C27H27N3O3/c1-19-12-13-24-22(16-19)27(28-23-10-6-7-11-25(23)33-24)29-14-15-30(20(2)17-29)26(31)18-32-21-8-4-3-5-9-21/h3-13,16,20H,14-15,17-18H2,1-2H3/t20-/m0/s1. The Morgan fingerprint density at radius 1 is 1.03 bits per heavy atom. The number of aryl methyl sites for hydroxylation is 1. The predicted octanol–water partition coefficient (Wildman–Crippen LogP) is 4.79. The van der Waals surface area contributed by atoms with Crippen LogP contribution in [-0.2, 0) is 4.79 Å². The monoisotopic (exact) mass is 441 g/mol. The highest BCUT2D eigenvalue weighted by Gasteiger charge is 2.31. The van der Waals surface area contributed by atoms with E-state index in [0.717, 1.165) is 34.1 Å². The molecule has 5 rings (SSSR count). The molecule has 0 N–H and O–H groups in total. The Morgan fingerprint density at radius 2 is 1.82 bits per heavy atom. The summed E-state index contributed by atoms with van der Waals surface area (Å²) in [5, 5.41) is 0. The maximum absolute atomic E-state index is 12.9. The lowest BCUT2D eigenvalue weighted by Gasteiger charge is -2.41. The molecule has 0 aliphatic carbocycles. The average molecular weight is 442 g/mol. The van der Waals surface area contributed by atoms with Gasteiger partial charge in [-0.3, -0.25) is 4.79 Å². The van der Waals surface area contributed by atoms with Gasteiger partial charge in [0.2, 0.25) is 0 Å². The zero-order valence-electron chi connectivity index (χ0n) is 18.9. The highest BCUT2D eigenvalue weighted by molar-refractivity contribution is 6.04. The van der Waals surface area contributed by atoms with Crippen molar-refractivity contribution < 1.29 is 14.3 Å². The first-order chi connectivity index (χ1) is 16.1. The Morgan fingerprint density at radius 3 is 2.64 bits per heavy atom. The zero-order valence-corrected chi connectivity index (χ0v) is 18.9. The lowest BCUT2D eigenvalue weighted by atomic mass is 10.1. The number of amidine groups is 1. The van der Waals surface area contributed by atoms with Crippen molar-refractivity contribution in [3.05, 3.63) is 83.9 Å². The first-order valence-corrected chi connectivity index (χ1v) is 11.3. The number of ether oxygens (including phenoxy) is 2. The Hall–Kier alpha value is -3.80. The Labute approximate surface area is 194 Å². The highest BCUT2D eigenvalue weighted by Crippen LogP contribution is 2.38. The maximum atomic E-state index is 12.9. The molecular formula is C27H27N3O3. The molecule has 3 aromatic carbocycles. The molecule has 1 amide bonds. The van der Waals surface area contributed by atoms with Gasteiger partial charge in [-0.2, -0.15) is 0 Å². The van der Waals surface area contributed by atoms with E-state index in [1.54, 1.807) is 0 Å². The second kappa shape index (κ2) is 8.98. The average Bonchev–Trinajstić information content (AvgIpc) is 2.99. The number of para-hydroxylation sites is 3. The van der Waals surface area contributed by atoms with E-state index < -0.39 is 0 Å². The summed E-state index contributed by atoms with van der Waals surface area (Å²) in [6, 6.07) is 23.5. The van der Waals surface area contributed by atoms with Crippen molar-refractivity contribution in [2.75, 3.05) is 26.2 Å². The van der Waals surface area contributed by atoms with Crippen LogP contribution in [0.5, 0.6) is 17.2 Å². The van der Waals surface area contributed by atoms with Crippen LogP contribution in [0.15, 0.2) is 77.8 Å². The van der Waals surface area contributed by atoms with Crippen LogP contribution in [0, 0.1) is 6.92 Å². The van der Waals surface area contributed by atoms with E-state index in [9.17, 15) is 4.79 Å². The van der Waals surface area contributed by atoms with Crippen LogP contribution < -0.4 is 9.47 Å². The molecule has 0 spiro atoms. The summed E-state index contributed by atoms with van der Waals surface area (Å²) in [4.78, 5) is 22.0. The molecule has 1 atom stereocenters. The highest BCUT2D eigenvalue weighted by atomic mass is 16.5. The van der Waals surface area contributed by atoms with Crippen molar-refractivity contribution in [2.24, 2.45) is 4.99 Å². The number of benzene rings is 3. The number of piperazine rings is 1. The Balaban J connectivity index is 1.35. The third-order valence-corrected chi connectivity index (χ3v) is 6.04. The van der Waals surface area contributed by atoms with Crippen molar-refractivity contribution in [2.45, 2.75) is 19.9 Å². The van der Waals surface area contributed by atoms with Crippen LogP contribution in [0.4, 0.5) is 5.69 Å². The number of carbonyl (C=O) groups excluding carboxylic acids is 1. The van der Waals surface area contributed by atoms with Gasteiger partial charge in [0, 0.05) is 25.7 Å². The van der Waals surface area contributed by atoms with Gasteiger partial charge in [0.05, 0.1) is 5.56 Å². The summed E-state index contributed by atoms with van der Waals surface area (Å²) < 4.78 is 11.9. The topological polar surface area (TPSA) is 54.4 Å². The maximum Gasteiger partial charge on any atom is 0.260 e. The van der Waals surface area contributed by atoms with Crippen molar-refractivity contribution in [1.82, 2.24) is 9.80 Å². The van der Waals surface area contributed by atoms with Crippen molar-refractivity contribution in [1.29, 1.82) is 0 Å². The SMILES string of the molecule is Cc1ccc2c(c1)C(N1CCN(C(=O)COc3ccccc3)[C@@H](C)C1)=Nc1ccccc1O2. The summed E-state index contributed by atoms with van der Waals surface area (Å²) in [6.07, 6.45) is 0. The molecule has 33 heavy (non-hydrogen) atoms. The first-order valence-electron chi connectivity index (χ1n) is 11.3. The van der Waals surface area contributed by atoms with Crippen LogP contribution in [0.3, 0.4) is 0 Å². The largest absolute Gasteiger partial charge is 0.484 e. The minimum Gasteiger partial charge on any atom is -0.484 e. The summed E-state index contributed by atoms with van der Waals surface area (Å²) in [6.45, 7) is 6.17. The quantitative estimate of drug-likeness (QED) is 0.586. The first kappa shape index (κ1) is 21.1. The lowest BCUT2D eigenvalue weighted by Crippen LogP contribution is -2.56. The molecule has 1 fully saturated rings. The predicted molar refractivity (Wildman–Crippen MR) is 129 cm³/mol. The van der Waals surface area contributed by atoms with Crippen molar-refractivity contribution in [3.63, 3.8) is 0 Å². The second-order valence-electron chi connectivity index (χ2n) is 8.49. The van der Waals surface area contributed by atoms with Gasteiger partial charge in [-0.05, 0) is 50.2 Å². The molecule has 0 bridgehead atoms. The van der Waals surface area contributed by atoms with Gasteiger partial charge < -0.3 is 19.3 Å². The van der Waals surface area contributed by atoms with Gasteiger partial charge in [-0.15, -0.1) is 0 Å². The molecule has 6 heteroatoms. The normalized spacial score (nSPS) is 17.3. The fraction of sp³-hybridized carbons (Fsp3) is 0.259. The molecule has 6 nitrogen and oxygen atoms in total. The Kier molecular flexibility index (Phi) is 5.73. The van der Waals surface area contributed by atoms with Crippen LogP contribution in [0.1, 0.15) is 18.1 Å². The van der Waals surface area contributed by atoms with E-state index in [1.807, 2.05) is 65.6 Å². The van der Waals surface area contributed by atoms with Crippen molar-refractivity contribution >= 4 is 17.4 Å². The fourth-order valence-corrected chi connectivity index (χ4v) is 4.34. The number of hydrogen-bond donors (Lipinski definition) is 0. The van der Waals surface area contributed by atoms with Crippen LogP contribution >= 0.6 is 0 Å². The molecule has 0 saturated carbocycles. The molecule has 0 unspecified atom stereocenters. The molecule has 2 heterocycles. The molecular weight excluding hydrogens is 414 g/mol. The van der Waals surface area contributed by atoms with E-state index in [2.05, 4.69) is 30.9 Å². The van der Waals surface area contributed by atoms with E-state index in [1.165, 1.54) is 0 Å². The number of hydrogen-bond acceptors (Lipinski definition) is 5. The second-order valence-corrected chi connectivity index (χ2v) is 8.49. The number of nitrogens with zero attached hydrogens (tertiary/aromatic N) is 3. The number of rotatable bonds is 3. The van der Waals surface area contributed by atoms with Gasteiger partial charge in [0.15, 0.2) is 12.4 Å². The van der Waals surface area contributed by atoms with Crippen LogP contribution in [-0.4, -0.2) is 53.8 Å². The van der Waals surface area contributed by atoms with E-state index in [0.29, 0.717) is 25.4 Å². The third kappa shape index (κ3) is 4.42. The zero-order chi connectivity index (χ0) is 22.8. The van der Waals surface area contributed by atoms with Gasteiger partial charge in [-0.25, -0.2) is 4.99 Å². The molecule has 168 valence electrons. The van der Waals surface area contributed by atoms with Crippen molar-refractivity contribution in [3.8, 4) is 17.2 Å². The van der Waals surface area contributed by atoms with Gasteiger partial charge in [-0.1, -0.05) is 42.0 Å². The summed E-state index contributed by atoms with van der Waals surface area (Å²) >= 11 is 0. The molecule has 0 radical (unpaired) electrons. The smallest absolute Gasteiger partial charge is 0.260 e. The van der Waals surface area contributed by atoms with E-state index >= 15 is 0 Å². The minimum atomic E-state index is -0.00117. The number of amides is 1. The molecule has 0 aromatic heterocycles. The van der Waals surface area contributed by atoms with E-state index in [4.69, 9.17) is 14.5 Å². The summed E-state index contributed by atoms with van der Waals surface area (Å²) in [5.74, 6) is 3.14. The van der Waals surface area contributed by atoms with Gasteiger partial charge in [0.25, 0.3) is 5.91 Å².